The highest BCUT2D eigenvalue weighted by molar-refractivity contribution is 6.63. The minimum Gasteiger partial charge on any atom is -0.507 e. The lowest BCUT2D eigenvalue weighted by Gasteiger charge is -2.22. The molecule has 0 unspecified atom stereocenters. The van der Waals surface area contributed by atoms with Crippen molar-refractivity contribution in [3.8, 4) is 5.75 Å². The highest BCUT2D eigenvalue weighted by atomic mass is 16.5. The van der Waals surface area contributed by atoms with Crippen LogP contribution in [0.15, 0.2) is 12.1 Å². The topological polar surface area (TPSA) is 130 Å². The van der Waals surface area contributed by atoms with Crippen LogP contribution in [0.5, 0.6) is 5.75 Å². The monoisotopic (exact) mass is 446 g/mol. The summed E-state index contributed by atoms with van der Waals surface area (Å²) in [6.07, 6.45) is -0.144. The van der Waals surface area contributed by atoms with E-state index in [9.17, 15) is 29.1 Å². The van der Waals surface area contributed by atoms with Gasteiger partial charge in [-0.25, -0.2) is 4.79 Å². The van der Waals surface area contributed by atoms with Crippen LogP contribution >= 0.6 is 0 Å². The summed E-state index contributed by atoms with van der Waals surface area (Å²) in [6.45, 7) is 3.43. The number of phenols is 1. The number of esters is 1. The van der Waals surface area contributed by atoms with Crippen LogP contribution in [-0.4, -0.2) is 66.0 Å². The summed E-state index contributed by atoms with van der Waals surface area (Å²) in [7, 11) is 3.23. The second-order valence-corrected chi connectivity index (χ2v) is 8.33. The number of nitrogens with one attached hydrogen (secondary N) is 1. The second-order valence-electron chi connectivity index (χ2n) is 8.33. The molecule has 1 heterocycles. The number of benzene rings is 1. The number of likely N-dealkylation sites (N-methyl/N-ethyl adjacent to an activating group) is 1. The Hall–Kier alpha value is -3.23. The molecule has 0 saturated carbocycles. The van der Waals surface area contributed by atoms with E-state index in [1.807, 2.05) is 0 Å². The number of cyclic esters (lactones) is 1. The molecule has 0 saturated heterocycles. The summed E-state index contributed by atoms with van der Waals surface area (Å²) in [5.41, 5.74) is 0.822. The molecule has 1 aliphatic heterocycles. The third kappa shape index (κ3) is 6.38. The van der Waals surface area contributed by atoms with E-state index in [2.05, 4.69) is 5.32 Å². The summed E-state index contributed by atoms with van der Waals surface area (Å²) in [5.74, 6) is -3.92. The maximum absolute atomic E-state index is 12.8. The number of phenolic OH excluding ortho intramolecular Hbond substituents is 1. The van der Waals surface area contributed by atoms with Gasteiger partial charge in [-0.2, -0.15) is 0 Å². The van der Waals surface area contributed by atoms with Gasteiger partial charge in [0.1, 0.15) is 17.4 Å². The average Bonchev–Trinajstić information content (AvgIpc) is 2.73. The fourth-order valence-electron chi connectivity index (χ4n) is 3.32. The van der Waals surface area contributed by atoms with Crippen molar-refractivity contribution in [2.45, 2.75) is 52.1 Å². The number of ketones is 3. The summed E-state index contributed by atoms with van der Waals surface area (Å²) in [6, 6.07) is 2.95. The van der Waals surface area contributed by atoms with Gasteiger partial charge in [0.25, 0.3) is 5.78 Å². The SMILES string of the molecule is C[C@@H]1CCC(=O)C(=O)C(=O)CCCc2cc(NCC(=O)N(C)C)cc(O)c2C(=O)O[C@H]1C. The summed E-state index contributed by atoms with van der Waals surface area (Å²) >= 11 is 0. The number of nitrogens with zero attached hydrogens (tertiary/aromatic N) is 1. The molecule has 2 rings (SSSR count). The first-order valence-electron chi connectivity index (χ1n) is 10.6. The van der Waals surface area contributed by atoms with Crippen LogP contribution < -0.4 is 5.32 Å². The van der Waals surface area contributed by atoms with Gasteiger partial charge in [0.2, 0.25) is 17.5 Å². The largest absolute Gasteiger partial charge is 0.507 e. The number of carbonyl (C=O) groups excluding carboxylic acids is 5. The van der Waals surface area contributed by atoms with Gasteiger partial charge in [0.05, 0.1) is 6.54 Å². The molecule has 2 N–H and O–H groups in total. The Kier molecular flexibility index (Phi) is 8.51. The maximum atomic E-state index is 12.8. The number of fused-ring (bicyclic) bond motifs is 1. The van der Waals surface area contributed by atoms with Gasteiger partial charge in [-0.05, 0) is 43.7 Å². The van der Waals surface area contributed by atoms with Gasteiger partial charge in [-0.15, -0.1) is 0 Å². The number of aryl methyl sites for hydroxylation is 1. The molecule has 1 aromatic rings. The van der Waals surface area contributed by atoms with Crippen molar-refractivity contribution in [2.75, 3.05) is 26.0 Å². The summed E-state index contributed by atoms with van der Waals surface area (Å²) in [5, 5.41) is 13.5. The number of aromatic hydroxyl groups is 1. The summed E-state index contributed by atoms with van der Waals surface area (Å²) in [4.78, 5) is 62.3. The molecule has 1 aliphatic rings. The number of Topliss-reactive ketones (excluding diaryl/α,β-unsaturated/α-hetero) is 3. The van der Waals surface area contributed by atoms with E-state index in [1.165, 1.54) is 11.0 Å². The molecule has 1 aromatic carbocycles. The molecule has 9 heteroatoms. The number of hydrogen-bond acceptors (Lipinski definition) is 8. The van der Waals surface area contributed by atoms with Crippen LogP contribution in [0.25, 0.3) is 0 Å². The predicted molar refractivity (Wildman–Crippen MR) is 117 cm³/mol. The van der Waals surface area contributed by atoms with Gasteiger partial charge in [-0.1, -0.05) is 6.92 Å². The van der Waals surface area contributed by atoms with Crippen LogP contribution in [0, 0.1) is 5.92 Å². The van der Waals surface area contributed by atoms with Crippen molar-refractivity contribution in [2.24, 2.45) is 5.92 Å². The standard InChI is InChI=1S/C23H30N2O7/c1-13-8-9-18(27)22(30)17(26)7-5-6-15-10-16(24-12-20(29)25(3)4)11-19(28)21(15)23(31)32-14(13)2/h10-11,13-14,24,28H,5-9,12H2,1-4H3/t13-,14+/m1/s1. The Morgan fingerprint density at radius 1 is 1.09 bits per heavy atom. The Morgan fingerprint density at radius 2 is 1.75 bits per heavy atom. The predicted octanol–water partition coefficient (Wildman–Crippen LogP) is 1.90. The molecule has 0 aliphatic carbocycles. The van der Waals surface area contributed by atoms with Gasteiger partial charge in [0.15, 0.2) is 0 Å². The van der Waals surface area contributed by atoms with Crippen molar-refractivity contribution in [1.29, 1.82) is 0 Å². The van der Waals surface area contributed by atoms with Gasteiger partial charge in [0, 0.05) is 38.7 Å². The molecule has 32 heavy (non-hydrogen) atoms. The van der Waals surface area contributed by atoms with Crippen molar-refractivity contribution in [3.05, 3.63) is 23.3 Å². The molecule has 1 amide bonds. The third-order valence-electron chi connectivity index (χ3n) is 5.62. The first kappa shape index (κ1) is 25.0. The molecule has 174 valence electrons. The van der Waals surface area contributed by atoms with E-state index >= 15 is 0 Å². The molecule has 0 fully saturated rings. The Bertz CT molecular complexity index is 923. The number of carbonyl (C=O) groups is 5. The molecule has 0 aromatic heterocycles. The van der Waals surface area contributed by atoms with Crippen molar-refractivity contribution >= 4 is 34.9 Å². The number of amides is 1. The fraction of sp³-hybridized carbons (Fsp3) is 0.522. The zero-order chi connectivity index (χ0) is 24.0. The molecular weight excluding hydrogens is 416 g/mol. The van der Waals surface area contributed by atoms with Crippen molar-refractivity contribution in [3.63, 3.8) is 0 Å². The molecule has 2 atom stereocenters. The number of hydrogen-bond donors (Lipinski definition) is 2. The van der Waals surface area contributed by atoms with Crippen LogP contribution in [0.1, 0.15) is 55.5 Å². The quantitative estimate of drug-likeness (QED) is 0.532. The highest BCUT2D eigenvalue weighted by Crippen LogP contribution is 2.30. The van der Waals surface area contributed by atoms with Gasteiger partial charge >= 0.3 is 5.97 Å². The maximum Gasteiger partial charge on any atom is 0.342 e. The molecule has 0 bridgehead atoms. The smallest absolute Gasteiger partial charge is 0.342 e. The number of ether oxygens (including phenoxy) is 1. The molecule has 0 radical (unpaired) electrons. The Labute approximate surface area is 187 Å². The van der Waals surface area contributed by atoms with E-state index in [4.69, 9.17) is 4.74 Å². The van der Waals surface area contributed by atoms with Crippen LogP contribution in [-0.2, 0) is 30.3 Å². The van der Waals surface area contributed by atoms with E-state index in [-0.39, 0.29) is 61.8 Å². The Balaban J connectivity index is 2.36. The van der Waals surface area contributed by atoms with Gasteiger partial charge in [-0.3, -0.25) is 19.2 Å². The lowest BCUT2D eigenvalue weighted by molar-refractivity contribution is -0.144. The molecule has 0 spiro atoms. The van der Waals surface area contributed by atoms with Gasteiger partial charge < -0.3 is 20.1 Å². The minimum atomic E-state index is -1.00. The lowest BCUT2D eigenvalue weighted by Crippen LogP contribution is -2.29. The Morgan fingerprint density at radius 3 is 2.41 bits per heavy atom. The second kappa shape index (κ2) is 10.9. The van der Waals surface area contributed by atoms with Crippen LogP contribution in [0.4, 0.5) is 5.69 Å². The van der Waals surface area contributed by atoms with Crippen molar-refractivity contribution < 1.29 is 33.8 Å². The lowest BCUT2D eigenvalue weighted by atomic mass is 9.94. The average molecular weight is 447 g/mol. The van der Waals surface area contributed by atoms with E-state index in [1.54, 1.807) is 34.0 Å². The number of rotatable bonds is 3. The van der Waals surface area contributed by atoms with E-state index < -0.39 is 29.4 Å². The first-order chi connectivity index (χ1) is 15.0. The van der Waals surface area contributed by atoms with E-state index in [0.29, 0.717) is 11.3 Å². The highest BCUT2D eigenvalue weighted by Gasteiger charge is 2.27. The zero-order valence-electron chi connectivity index (χ0n) is 18.9. The third-order valence-corrected chi connectivity index (χ3v) is 5.62. The fourth-order valence-corrected chi connectivity index (χ4v) is 3.32. The minimum absolute atomic E-state index is 0.0135. The first-order valence-corrected chi connectivity index (χ1v) is 10.6. The van der Waals surface area contributed by atoms with E-state index in [0.717, 1.165) is 0 Å². The van der Waals surface area contributed by atoms with Crippen LogP contribution in [0.3, 0.4) is 0 Å². The molecule has 9 nitrogen and oxygen atoms in total. The normalized spacial score (nSPS) is 20.8. The zero-order valence-corrected chi connectivity index (χ0v) is 18.9. The van der Waals surface area contributed by atoms with Crippen molar-refractivity contribution in [1.82, 2.24) is 4.90 Å². The number of anilines is 1. The van der Waals surface area contributed by atoms with Crippen LogP contribution in [0.2, 0.25) is 0 Å². The summed E-state index contributed by atoms with van der Waals surface area (Å²) < 4.78 is 5.52. The molecular formula is C23H30N2O7.